The van der Waals surface area contributed by atoms with Crippen molar-refractivity contribution >= 4 is 17.4 Å². The van der Waals surface area contributed by atoms with Crippen LogP contribution < -0.4 is 15.4 Å². The number of nitrogens with one attached hydrogen (secondary N) is 2. The maximum atomic E-state index is 13.7. The molecule has 2 aromatic rings. The van der Waals surface area contributed by atoms with Crippen LogP contribution in [0.25, 0.3) is 0 Å². The molecule has 1 aromatic carbocycles. The predicted octanol–water partition coefficient (Wildman–Crippen LogP) is 3.30. The maximum absolute atomic E-state index is 13.7. The Morgan fingerprint density at radius 2 is 2.04 bits per heavy atom. The van der Waals surface area contributed by atoms with Crippen LogP contribution >= 0.6 is 11.3 Å². The number of halogens is 1. The number of carbonyl (C=O) groups is 1. The highest BCUT2D eigenvalue weighted by Gasteiger charge is 2.08. The fraction of sp³-hybridized carbons (Fsp3) is 0.375. The maximum Gasteiger partial charge on any atom is 0.315 e. The summed E-state index contributed by atoms with van der Waals surface area (Å²) in [5, 5.41) is 6.45. The Hall–Kier alpha value is -2.15. The highest BCUT2D eigenvalue weighted by molar-refractivity contribution is 7.11. The van der Waals surface area contributed by atoms with E-state index in [1.165, 1.54) is 6.07 Å². The van der Waals surface area contributed by atoms with E-state index >= 15 is 0 Å². The van der Waals surface area contributed by atoms with Crippen molar-refractivity contribution in [3.05, 3.63) is 45.2 Å². The number of benzene rings is 1. The number of aromatic nitrogens is 1. The molecule has 0 spiro atoms. The Labute approximate surface area is 138 Å². The predicted molar refractivity (Wildman–Crippen MR) is 88.2 cm³/mol. The van der Waals surface area contributed by atoms with Gasteiger partial charge >= 0.3 is 6.03 Å². The van der Waals surface area contributed by atoms with Crippen LogP contribution in [0.1, 0.15) is 28.1 Å². The van der Waals surface area contributed by atoms with E-state index < -0.39 is 5.82 Å². The summed E-state index contributed by atoms with van der Waals surface area (Å²) in [6.45, 7) is 6.73. The van der Waals surface area contributed by atoms with Crippen LogP contribution in [-0.2, 0) is 13.1 Å². The summed E-state index contributed by atoms with van der Waals surface area (Å²) >= 11 is 1.56. The van der Waals surface area contributed by atoms with Gasteiger partial charge in [-0.15, -0.1) is 11.3 Å². The fourth-order valence-electron chi connectivity index (χ4n) is 2.07. The number of carbonyl (C=O) groups excluding carboxylic acids is 1. The Morgan fingerprint density at radius 3 is 2.65 bits per heavy atom. The molecule has 23 heavy (non-hydrogen) atoms. The van der Waals surface area contributed by atoms with Gasteiger partial charge in [-0.05, 0) is 38.5 Å². The molecule has 2 N–H and O–H groups in total. The van der Waals surface area contributed by atoms with Gasteiger partial charge in [0.05, 0.1) is 23.9 Å². The smallest absolute Gasteiger partial charge is 0.315 e. The first kappa shape index (κ1) is 17.2. The van der Waals surface area contributed by atoms with Crippen molar-refractivity contribution in [1.29, 1.82) is 0 Å². The summed E-state index contributed by atoms with van der Waals surface area (Å²) in [6.07, 6.45) is 0. The number of amides is 2. The van der Waals surface area contributed by atoms with Gasteiger partial charge in [0.2, 0.25) is 0 Å². The Bertz CT molecular complexity index is 688. The molecule has 0 saturated heterocycles. The lowest BCUT2D eigenvalue weighted by Gasteiger charge is -2.09. The van der Waals surface area contributed by atoms with E-state index in [0.29, 0.717) is 18.7 Å². The normalized spacial score (nSPS) is 10.4. The largest absolute Gasteiger partial charge is 0.491 e. The summed E-state index contributed by atoms with van der Waals surface area (Å²) in [7, 11) is 0. The van der Waals surface area contributed by atoms with Crippen LogP contribution in [0, 0.1) is 19.7 Å². The van der Waals surface area contributed by atoms with Crippen molar-refractivity contribution in [1.82, 2.24) is 15.6 Å². The number of aryl methyl sites for hydroxylation is 2. The SMILES string of the molecule is CCOc1ccc(CNC(=O)NCc2sc(C)nc2C)cc1F. The van der Waals surface area contributed by atoms with Gasteiger partial charge in [-0.2, -0.15) is 0 Å². The Balaban J connectivity index is 1.82. The van der Waals surface area contributed by atoms with Crippen LogP contribution in [0.4, 0.5) is 9.18 Å². The van der Waals surface area contributed by atoms with Gasteiger partial charge in [0.15, 0.2) is 11.6 Å². The van der Waals surface area contributed by atoms with E-state index in [9.17, 15) is 9.18 Å². The fourth-order valence-corrected chi connectivity index (χ4v) is 2.95. The molecule has 5 nitrogen and oxygen atoms in total. The highest BCUT2D eigenvalue weighted by atomic mass is 32.1. The van der Waals surface area contributed by atoms with Crippen LogP contribution in [0.15, 0.2) is 18.2 Å². The summed E-state index contributed by atoms with van der Waals surface area (Å²) in [4.78, 5) is 17.1. The molecule has 2 rings (SSSR count). The van der Waals surface area contributed by atoms with Crippen LogP contribution in [-0.4, -0.2) is 17.6 Å². The molecule has 0 aliphatic heterocycles. The standard InChI is InChI=1S/C16H20FN3O2S/c1-4-22-14-6-5-12(7-13(14)17)8-18-16(21)19-9-15-10(2)20-11(3)23-15/h5-7H,4,8-9H2,1-3H3,(H2,18,19,21). The molecular formula is C16H20FN3O2S. The Morgan fingerprint density at radius 1 is 1.30 bits per heavy atom. The average Bonchev–Trinajstić information content (AvgIpc) is 2.83. The molecular weight excluding hydrogens is 317 g/mol. The molecule has 0 unspecified atom stereocenters. The molecule has 0 aliphatic carbocycles. The van der Waals surface area contributed by atoms with E-state index in [0.717, 1.165) is 15.6 Å². The van der Waals surface area contributed by atoms with Crippen molar-refractivity contribution in [3.63, 3.8) is 0 Å². The molecule has 124 valence electrons. The van der Waals surface area contributed by atoms with Gasteiger partial charge in [0.25, 0.3) is 0 Å². The first-order chi connectivity index (χ1) is 11.0. The van der Waals surface area contributed by atoms with Crippen LogP contribution in [0.3, 0.4) is 0 Å². The van der Waals surface area contributed by atoms with Crippen molar-refractivity contribution in [3.8, 4) is 5.75 Å². The second-order valence-electron chi connectivity index (χ2n) is 4.98. The van der Waals surface area contributed by atoms with Gasteiger partial charge in [0.1, 0.15) is 0 Å². The summed E-state index contributed by atoms with van der Waals surface area (Å²) in [5.74, 6) is -0.209. The van der Waals surface area contributed by atoms with Crippen molar-refractivity contribution < 1.29 is 13.9 Å². The van der Waals surface area contributed by atoms with Gasteiger partial charge in [-0.1, -0.05) is 6.07 Å². The number of ether oxygens (including phenoxy) is 1. The molecule has 2 amide bonds. The topological polar surface area (TPSA) is 63.2 Å². The third kappa shape index (κ3) is 4.92. The quantitative estimate of drug-likeness (QED) is 0.850. The minimum absolute atomic E-state index is 0.219. The third-order valence-electron chi connectivity index (χ3n) is 3.16. The van der Waals surface area contributed by atoms with Crippen molar-refractivity contribution in [2.75, 3.05) is 6.61 Å². The second-order valence-corrected chi connectivity index (χ2v) is 6.26. The summed E-state index contributed by atoms with van der Waals surface area (Å²) in [5.41, 5.74) is 1.60. The first-order valence-corrected chi connectivity index (χ1v) is 8.17. The number of nitrogens with zero attached hydrogens (tertiary/aromatic N) is 1. The number of hydrogen-bond acceptors (Lipinski definition) is 4. The van der Waals surface area contributed by atoms with E-state index in [4.69, 9.17) is 4.74 Å². The van der Waals surface area contributed by atoms with Gasteiger partial charge in [0, 0.05) is 11.4 Å². The zero-order valence-corrected chi connectivity index (χ0v) is 14.2. The molecule has 0 atom stereocenters. The lowest BCUT2D eigenvalue weighted by molar-refractivity contribution is 0.240. The molecule has 0 aliphatic rings. The van der Waals surface area contributed by atoms with Crippen molar-refractivity contribution in [2.45, 2.75) is 33.9 Å². The molecule has 0 radical (unpaired) electrons. The lowest BCUT2D eigenvalue weighted by Crippen LogP contribution is -2.34. The van der Waals surface area contributed by atoms with Crippen molar-refractivity contribution in [2.24, 2.45) is 0 Å². The van der Waals surface area contributed by atoms with E-state index in [1.54, 1.807) is 30.4 Å². The van der Waals surface area contributed by atoms with Crippen LogP contribution in [0.5, 0.6) is 5.75 Å². The third-order valence-corrected chi connectivity index (χ3v) is 4.23. The monoisotopic (exact) mass is 337 g/mol. The number of rotatable bonds is 6. The average molecular weight is 337 g/mol. The minimum Gasteiger partial charge on any atom is -0.491 e. The molecule has 7 heteroatoms. The zero-order chi connectivity index (χ0) is 16.8. The molecule has 1 aromatic heterocycles. The first-order valence-electron chi connectivity index (χ1n) is 7.35. The molecule has 1 heterocycles. The van der Waals surface area contributed by atoms with Gasteiger partial charge in [-0.25, -0.2) is 14.2 Å². The molecule has 0 bridgehead atoms. The summed E-state index contributed by atoms with van der Waals surface area (Å²) < 4.78 is 18.9. The number of hydrogen-bond donors (Lipinski definition) is 2. The highest BCUT2D eigenvalue weighted by Crippen LogP contribution is 2.18. The molecule has 0 saturated carbocycles. The Kier molecular flexibility index (Phi) is 5.92. The number of thiazole rings is 1. The second kappa shape index (κ2) is 7.92. The number of urea groups is 1. The molecule has 0 fully saturated rings. The van der Waals surface area contributed by atoms with E-state index in [-0.39, 0.29) is 18.3 Å². The minimum atomic E-state index is -0.428. The van der Waals surface area contributed by atoms with E-state index in [2.05, 4.69) is 15.6 Å². The lowest BCUT2D eigenvalue weighted by atomic mass is 10.2. The van der Waals surface area contributed by atoms with Gasteiger partial charge < -0.3 is 15.4 Å². The zero-order valence-electron chi connectivity index (χ0n) is 13.4. The van der Waals surface area contributed by atoms with Crippen LogP contribution in [0.2, 0.25) is 0 Å². The van der Waals surface area contributed by atoms with E-state index in [1.807, 2.05) is 13.8 Å². The summed E-state index contributed by atoms with van der Waals surface area (Å²) in [6, 6.07) is 4.36. The van der Waals surface area contributed by atoms with Gasteiger partial charge in [-0.3, -0.25) is 0 Å².